The summed E-state index contributed by atoms with van der Waals surface area (Å²) in [6, 6.07) is 3.00. The Labute approximate surface area is 194 Å². The molecule has 1 aliphatic rings. The fourth-order valence-electron chi connectivity index (χ4n) is 3.45. The molecule has 1 aromatic carbocycles. The molecule has 0 bridgehead atoms. The number of aromatic hydroxyl groups is 1. The van der Waals surface area contributed by atoms with Crippen LogP contribution in [0, 0.1) is 5.82 Å². The van der Waals surface area contributed by atoms with Gasteiger partial charge in [-0.25, -0.2) is 17.8 Å². The third-order valence-corrected chi connectivity index (χ3v) is 6.89. The van der Waals surface area contributed by atoms with Crippen LogP contribution in [-0.2, 0) is 42.8 Å². The van der Waals surface area contributed by atoms with E-state index in [0.29, 0.717) is 0 Å². The number of hydrogen-bond acceptors (Lipinski definition) is 9. The van der Waals surface area contributed by atoms with Crippen molar-refractivity contribution in [1.82, 2.24) is 14.9 Å². The number of ether oxygens (including phenoxy) is 2. The minimum absolute atomic E-state index is 0.0513. The van der Waals surface area contributed by atoms with Crippen molar-refractivity contribution >= 4 is 21.7 Å². The van der Waals surface area contributed by atoms with E-state index in [1.54, 1.807) is 13.8 Å². The molecule has 2 heterocycles. The Hall–Kier alpha value is -3.32. The van der Waals surface area contributed by atoms with Gasteiger partial charge in [-0.15, -0.1) is 0 Å². The molecule has 1 aromatic heterocycles. The van der Waals surface area contributed by atoms with Crippen molar-refractivity contribution in [3.05, 3.63) is 51.5 Å². The smallest absolute Gasteiger partial charge is 0.302 e. The van der Waals surface area contributed by atoms with Crippen molar-refractivity contribution in [1.29, 1.82) is 0 Å². The van der Waals surface area contributed by atoms with E-state index in [0.717, 1.165) is 19.1 Å². The maximum Gasteiger partial charge on any atom is 0.302 e. The molecular formula is C21H24FN3O8S. The van der Waals surface area contributed by atoms with Crippen molar-refractivity contribution in [2.75, 3.05) is 19.0 Å². The standard InChI is InChI=1S/C21H24FN3O8S/c1-12(26)32-8-9-34(30,31)15-10-14(22)5-4-13(15)11-23-18(28)16-17(27)19(29)25-6-7-33-21(2,3)20(25)24-16/h4-5,10,27H,6-9,11H2,1-3H3,(H,23,28). The number of rotatable bonds is 7. The highest BCUT2D eigenvalue weighted by molar-refractivity contribution is 7.91. The predicted octanol–water partition coefficient (Wildman–Crippen LogP) is 0.620. The zero-order valence-electron chi connectivity index (χ0n) is 18.8. The highest BCUT2D eigenvalue weighted by Gasteiger charge is 2.34. The molecule has 2 aromatic rings. The van der Waals surface area contributed by atoms with Gasteiger partial charge in [0.05, 0.1) is 23.8 Å². The monoisotopic (exact) mass is 497 g/mol. The van der Waals surface area contributed by atoms with E-state index in [1.807, 2.05) is 0 Å². The number of carbonyl (C=O) groups is 2. The molecule has 13 heteroatoms. The third kappa shape index (κ3) is 5.25. The molecule has 3 rings (SSSR count). The van der Waals surface area contributed by atoms with Crippen LogP contribution in [0.15, 0.2) is 27.9 Å². The number of amides is 1. The summed E-state index contributed by atoms with van der Waals surface area (Å²) in [5.41, 5.74) is -2.28. The predicted molar refractivity (Wildman–Crippen MR) is 115 cm³/mol. The Balaban J connectivity index is 1.87. The summed E-state index contributed by atoms with van der Waals surface area (Å²) in [4.78, 5) is 39.9. The second-order valence-electron chi connectivity index (χ2n) is 8.04. The molecule has 184 valence electrons. The van der Waals surface area contributed by atoms with Crippen LogP contribution in [0.4, 0.5) is 4.39 Å². The molecular weight excluding hydrogens is 473 g/mol. The summed E-state index contributed by atoms with van der Waals surface area (Å²) >= 11 is 0. The summed E-state index contributed by atoms with van der Waals surface area (Å²) in [5.74, 6) is -3.70. The van der Waals surface area contributed by atoms with Crippen molar-refractivity contribution in [3.63, 3.8) is 0 Å². The molecule has 0 radical (unpaired) electrons. The number of aromatic nitrogens is 2. The molecule has 0 fully saturated rings. The van der Waals surface area contributed by atoms with E-state index in [9.17, 15) is 32.3 Å². The highest BCUT2D eigenvalue weighted by atomic mass is 32.2. The second-order valence-corrected chi connectivity index (χ2v) is 10.1. The van der Waals surface area contributed by atoms with Gasteiger partial charge in [0.25, 0.3) is 11.5 Å². The average Bonchev–Trinajstić information content (AvgIpc) is 2.74. The second kappa shape index (κ2) is 9.50. The average molecular weight is 498 g/mol. The van der Waals surface area contributed by atoms with Crippen molar-refractivity contribution in [2.45, 2.75) is 44.4 Å². The zero-order valence-corrected chi connectivity index (χ0v) is 19.6. The Bertz CT molecular complexity index is 1300. The Morgan fingerprint density at radius 2 is 2.06 bits per heavy atom. The van der Waals surface area contributed by atoms with E-state index in [2.05, 4.69) is 15.0 Å². The number of nitrogens with one attached hydrogen (secondary N) is 1. The number of esters is 1. The van der Waals surface area contributed by atoms with Gasteiger partial charge in [-0.1, -0.05) is 6.07 Å². The van der Waals surface area contributed by atoms with Crippen LogP contribution in [-0.4, -0.2) is 53.9 Å². The molecule has 0 unspecified atom stereocenters. The number of hydrogen-bond donors (Lipinski definition) is 2. The van der Waals surface area contributed by atoms with Gasteiger partial charge in [0.15, 0.2) is 15.5 Å². The first-order valence-electron chi connectivity index (χ1n) is 10.2. The van der Waals surface area contributed by atoms with Crippen LogP contribution < -0.4 is 10.9 Å². The number of carbonyl (C=O) groups excluding carboxylic acids is 2. The van der Waals surface area contributed by atoms with Crippen molar-refractivity contribution in [3.8, 4) is 5.75 Å². The van der Waals surface area contributed by atoms with Gasteiger partial charge in [-0.3, -0.25) is 19.0 Å². The first-order chi connectivity index (χ1) is 15.8. The molecule has 0 saturated heterocycles. The number of halogens is 1. The quantitative estimate of drug-likeness (QED) is 0.524. The molecule has 0 spiro atoms. The molecule has 0 saturated carbocycles. The Kier molecular flexibility index (Phi) is 7.07. The summed E-state index contributed by atoms with van der Waals surface area (Å²) in [6.07, 6.45) is 0. The highest BCUT2D eigenvalue weighted by Crippen LogP contribution is 2.27. The summed E-state index contributed by atoms with van der Waals surface area (Å²) < 4.78 is 50.6. The minimum Gasteiger partial charge on any atom is -0.501 e. The van der Waals surface area contributed by atoms with Crippen LogP contribution in [0.3, 0.4) is 0 Å². The SMILES string of the molecule is CC(=O)OCCS(=O)(=O)c1cc(F)ccc1CNC(=O)c1nc2n(c(=O)c1O)CCOC2(C)C. The van der Waals surface area contributed by atoms with Gasteiger partial charge in [-0.05, 0) is 31.5 Å². The van der Waals surface area contributed by atoms with Gasteiger partial charge in [0.2, 0.25) is 5.75 Å². The van der Waals surface area contributed by atoms with Crippen LogP contribution >= 0.6 is 0 Å². The first kappa shape index (κ1) is 25.3. The molecule has 34 heavy (non-hydrogen) atoms. The van der Waals surface area contributed by atoms with Crippen LogP contribution in [0.25, 0.3) is 0 Å². The van der Waals surface area contributed by atoms with E-state index < -0.39 is 67.4 Å². The lowest BCUT2D eigenvalue weighted by molar-refractivity contribution is -0.140. The number of nitrogens with zero attached hydrogens (tertiary/aromatic N) is 2. The van der Waals surface area contributed by atoms with Crippen molar-refractivity contribution < 1.29 is 37.0 Å². The topological polar surface area (TPSA) is 154 Å². The van der Waals surface area contributed by atoms with Crippen LogP contribution in [0.2, 0.25) is 0 Å². The van der Waals surface area contributed by atoms with Crippen LogP contribution in [0.5, 0.6) is 5.75 Å². The number of sulfone groups is 1. The lowest BCUT2D eigenvalue weighted by atomic mass is 10.1. The normalized spacial score (nSPS) is 14.8. The van der Waals surface area contributed by atoms with Gasteiger partial charge in [0.1, 0.15) is 23.8 Å². The Morgan fingerprint density at radius 3 is 2.74 bits per heavy atom. The van der Waals surface area contributed by atoms with Crippen molar-refractivity contribution in [2.24, 2.45) is 0 Å². The third-order valence-electron chi connectivity index (χ3n) is 5.14. The Morgan fingerprint density at radius 1 is 1.35 bits per heavy atom. The molecule has 0 atom stereocenters. The summed E-state index contributed by atoms with van der Waals surface area (Å²) in [6.45, 7) is 4.04. The first-order valence-corrected chi connectivity index (χ1v) is 11.9. The number of fused-ring (bicyclic) bond motifs is 1. The number of benzene rings is 1. The lowest BCUT2D eigenvalue weighted by Crippen LogP contribution is -2.42. The summed E-state index contributed by atoms with van der Waals surface area (Å²) in [7, 11) is -4.07. The molecule has 0 aliphatic carbocycles. The fraction of sp³-hybridized carbons (Fsp3) is 0.429. The largest absolute Gasteiger partial charge is 0.501 e. The molecule has 2 N–H and O–H groups in total. The van der Waals surface area contributed by atoms with Gasteiger partial charge < -0.3 is 19.9 Å². The van der Waals surface area contributed by atoms with Gasteiger partial charge in [-0.2, -0.15) is 0 Å². The minimum atomic E-state index is -4.07. The van der Waals surface area contributed by atoms with E-state index in [1.165, 1.54) is 10.6 Å². The fourth-order valence-corrected chi connectivity index (χ4v) is 4.81. The maximum atomic E-state index is 13.8. The molecule has 1 amide bonds. The maximum absolute atomic E-state index is 13.8. The summed E-state index contributed by atoms with van der Waals surface area (Å²) in [5, 5.41) is 12.7. The zero-order chi connectivity index (χ0) is 25.3. The van der Waals surface area contributed by atoms with Gasteiger partial charge in [0, 0.05) is 13.5 Å². The lowest BCUT2D eigenvalue weighted by Gasteiger charge is -2.32. The van der Waals surface area contributed by atoms with Gasteiger partial charge >= 0.3 is 5.97 Å². The molecule has 1 aliphatic heterocycles. The van der Waals surface area contributed by atoms with Crippen LogP contribution in [0.1, 0.15) is 42.6 Å². The van der Waals surface area contributed by atoms with E-state index in [4.69, 9.17) is 4.74 Å². The van der Waals surface area contributed by atoms with E-state index in [-0.39, 0.29) is 31.1 Å². The molecule has 11 nitrogen and oxygen atoms in total. The van der Waals surface area contributed by atoms with E-state index >= 15 is 0 Å².